The number of aryl methyl sites for hydroxylation is 1. The van der Waals surface area contributed by atoms with Crippen molar-refractivity contribution in [1.29, 1.82) is 0 Å². The largest absolute Gasteiger partial charge is 0.466 e. The van der Waals surface area contributed by atoms with Gasteiger partial charge in [-0.1, -0.05) is 24.3 Å². The van der Waals surface area contributed by atoms with Crippen molar-refractivity contribution < 1.29 is 19.7 Å². The molecule has 2 atom stereocenters. The highest BCUT2D eigenvalue weighted by Crippen LogP contribution is 2.30. The third kappa shape index (κ3) is 4.28. The lowest BCUT2D eigenvalue weighted by molar-refractivity contribution is -0.147. The van der Waals surface area contributed by atoms with Crippen LogP contribution in [0.3, 0.4) is 0 Å². The Kier molecular flexibility index (Phi) is 5.70. The fourth-order valence-electron chi connectivity index (χ4n) is 2.25. The number of anilines is 1. The number of nitrogens with zero attached hydrogens (tertiary/aromatic N) is 1. The van der Waals surface area contributed by atoms with Crippen LogP contribution in [-0.2, 0) is 9.53 Å². The van der Waals surface area contributed by atoms with E-state index < -0.39 is 18.2 Å². The molecule has 2 rings (SSSR count). The Balaban J connectivity index is 2.09. The van der Waals surface area contributed by atoms with Crippen LogP contribution < -0.4 is 5.73 Å². The molecule has 1 aromatic carbocycles. The Morgan fingerprint density at radius 3 is 2.52 bits per heavy atom. The lowest BCUT2D eigenvalue weighted by Crippen LogP contribution is -2.23. The summed E-state index contributed by atoms with van der Waals surface area (Å²) in [6, 6.07) is 7.00. The molecule has 2 unspecified atom stereocenters. The minimum absolute atomic E-state index is 0.243. The number of nitrogen functional groups attached to an aromatic ring is 1. The second kappa shape index (κ2) is 7.54. The highest BCUT2D eigenvalue weighted by molar-refractivity contribution is 7.15. The molecule has 0 saturated carbocycles. The molecular formula is C16H20N2O4S. The van der Waals surface area contributed by atoms with Crippen LogP contribution in [0.2, 0.25) is 0 Å². The number of aliphatic hydroxyl groups excluding tert-OH is 2. The molecule has 0 radical (unpaired) electrons. The van der Waals surface area contributed by atoms with E-state index in [-0.39, 0.29) is 13.0 Å². The summed E-state index contributed by atoms with van der Waals surface area (Å²) in [6.07, 6.45) is -2.62. The van der Waals surface area contributed by atoms with E-state index in [1.807, 2.05) is 6.92 Å². The molecular weight excluding hydrogens is 316 g/mol. The van der Waals surface area contributed by atoms with Gasteiger partial charge in [0.1, 0.15) is 6.10 Å². The second-order valence-corrected chi connectivity index (χ2v) is 6.34. The van der Waals surface area contributed by atoms with Gasteiger partial charge in [-0.2, -0.15) is 0 Å². The van der Waals surface area contributed by atoms with E-state index in [1.54, 1.807) is 31.2 Å². The van der Waals surface area contributed by atoms with E-state index in [9.17, 15) is 15.0 Å². The molecule has 0 fully saturated rings. The number of thiazole rings is 1. The summed E-state index contributed by atoms with van der Waals surface area (Å²) in [6.45, 7) is 3.87. The van der Waals surface area contributed by atoms with E-state index in [4.69, 9.17) is 10.5 Å². The standard InChI is InChI=1S/C16H20N2O4S/c1-3-22-13(20)8-12(19)15(21)11-6-4-10(5-7-11)14-9(2)23-16(17)18-14/h4-7,12,15,19,21H,3,8H2,1-2H3,(H2,17,18). The Bertz CT molecular complexity index is 669. The molecule has 0 spiro atoms. The molecule has 0 bridgehead atoms. The summed E-state index contributed by atoms with van der Waals surface area (Å²) in [7, 11) is 0. The van der Waals surface area contributed by atoms with E-state index in [0.29, 0.717) is 10.7 Å². The van der Waals surface area contributed by atoms with Gasteiger partial charge < -0.3 is 20.7 Å². The zero-order valence-corrected chi connectivity index (χ0v) is 13.8. The minimum Gasteiger partial charge on any atom is -0.466 e. The van der Waals surface area contributed by atoms with Gasteiger partial charge in [0.05, 0.1) is 24.8 Å². The van der Waals surface area contributed by atoms with Crippen LogP contribution in [-0.4, -0.2) is 33.9 Å². The van der Waals surface area contributed by atoms with Crippen molar-refractivity contribution in [1.82, 2.24) is 4.98 Å². The fourth-order valence-corrected chi connectivity index (χ4v) is 2.96. The first-order valence-electron chi connectivity index (χ1n) is 7.27. The molecule has 1 heterocycles. The maximum Gasteiger partial charge on any atom is 0.308 e. The van der Waals surface area contributed by atoms with Gasteiger partial charge in [0, 0.05) is 10.4 Å². The first-order valence-corrected chi connectivity index (χ1v) is 8.09. The van der Waals surface area contributed by atoms with Crippen LogP contribution in [0.15, 0.2) is 24.3 Å². The number of benzene rings is 1. The quantitative estimate of drug-likeness (QED) is 0.697. The van der Waals surface area contributed by atoms with Crippen molar-refractivity contribution >= 4 is 22.4 Å². The van der Waals surface area contributed by atoms with E-state index in [2.05, 4.69) is 4.98 Å². The number of aromatic nitrogens is 1. The summed E-state index contributed by atoms with van der Waals surface area (Å²) >= 11 is 1.42. The molecule has 0 amide bonds. The zero-order valence-electron chi connectivity index (χ0n) is 13.0. The molecule has 124 valence electrons. The van der Waals surface area contributed by atoms with Crippen molar-refractivity contribution in [2.24, 2.45) is 0 Å². The highest BCUT2D eigenvalue weighted by Gasteiger charge is 2.22. The van der Waals surface area contributed by atoms with Gasteiger partial charge in [0.25, 0.3) is 0 Å². The molecule has 0 saturated heterocycles. The number of rotatable bonds is 6. The molecule has 7 heteroatoms. The predicted octanol–water partition coefficient (Wildman–Crippen LogP) is 2.05. The number of ether oxygens (including phenoxy) is 1. The maximum absolute atomic E-state index is 11.4. The predicted molar refractivity (Wildman–Crippen MR) is 88.9 cm³/mol. The smallest absolute Gasteiger partial charge is 0.308 e. The zero-order chi connectivity index (χ0) is 17.0. The number of hydrogen-bond acceptors (Lipinski definition) is 7. The minimum atomic E-state index is -1.21. The van der Waals surface area contributed by atoms with Gasteiger partial charge in [-0.05, 0) is 19.4 Å². The third-order valence-electron chi connectivity index (χ3n) is 3.38. The van der Waals surface area contributed by atoms with Crippen molar-refractivity contribution in [3.8, 4) is 11.3 Å². The average Bonchev–Trinajstić information content (AvgIpc) is 2.85. The lowest BCUT2D eigenvalue weighted by Gasteiger charge is -2.17. The topological polar surface area (TPSA) is 106 Å². The van der Waals surface area contributed by atoms with Crippen molar-refractivity contribution in [2.75, 3.05) is 12.3 Å². The van der Waals surface area contributed by atoms with Crippen molar-refractivity contribution in [3.05, 3.63) is 34.7 Å². The molecule has 0 aliphatic heterocycles. The highest BCUT2D eigenvalue weighted by atomic mass is 32.1. The van der Waals surface area contributed by atoms with Crippen LogP contribution in [0.25, 0.3) is 11.3 Å². The average molecular weight is 336 g/mol. The number of hydrogen-bond donors (Lipinski definition) is 3. The Labute approximate surface area is 138 Å². The molecule has 1 aromatic heterocycles. The molecule has 0 aliphatic rings. The first-order chi connectivity index (χ1) is 10.9. The molecule has 0 aliphatic carbocycles. The van der Waals surface area contributed by atoms with E-state index >= 15 is 0 Å². The Morgan fingerprint density at radius 1 is 1.35 bits per heavy atom. The first kappa shape index (κ1) is 17.4. The van der Waals surface area contributed by atoms with Gasteiger partial charge in [-0.15, -0.1) is 11.3 Å². The number of carbonyl (C=O) groups excluding carboxylic acids is 1. The summed E-state index contributed by atoms with van der Waals surface area (Å²) in [5.41, 5.74) is 7.90. The molecule has 23 heavy (non-hydrogen) atoms. The van der Waals surface area contributed by atoms with Gasteiger partial charge in [0.2, 0.25) is 0 Å². The van der Waals surface area contributed by atoms with Gasteiger partial charge in [0.15, 0.2) is 5.13 Å². The molecule has 2 aromatic rings. The van der Waals surface area contributed by atoms with Crippen molar-refractivity contribution in [2.45, 2.75) is 32.5 Å². The van der Waals surface area contributed by atoms with E-state index in [1.165, 1.54) is 11.3 Å². The normalized spacial score (nSPS) is 13.6. The van der Waals surface area contributed by atoms with Crippen LogP contribution in [0, 0.1) is 6.92 Å². The molecule has 4 N–H and O–H groups in total. The fraction of sp³-hybridized carbons (Fsp3) is 0.375. The van der Waals surface area contributed by atoms with Crippen LogP contribution in [0.1, 0.15) is 29.9 Å². The SMILES string of the molecule is CCOC(=O)CC(O)C(O)c1ccc(-c2nc(N)sc2C)cc1. The Morgan fingerprint density at radius 2 is 2.00 bits per heavy atom. The monoisotopic (exact) mass is 336 g/mol. The van der Waals surface area contributed by atoms with Crippen molar-refractivity contribution in [3.63, 3.8) is 0 Å². The number of esters is 1. The van der Waals surface area contributed by atoms with Gasteiger partial charge in [-0.3, -0.25) is 4.79 Å². The summed E-state index contributed by atoms with van der Waals surface area (Å²) in [5, 5.41) is 20.6. The number of carbonyl (C=O) groups is 1. The third-order valence-corrected chi connectivity index (χ3v) is 4.18. The summed E-state index contributed by atoms with van der Waals surface area (Å²) < 4.78 is 4.76. The lowest BCUT2D eigenvalue weighted by atomic mass is 10.00. The van der Waals surface area contributed by atoms with E-state index in [0.717, 1.165) is 16.1 Å². The molecule has 6 nitrogen and oxygen atoms in total. The number of nitrogens with two attached hydrogens (primary N) is 1. The van der Waals surface area contributed by atoms with Crippen LogP contribution >= 0.6 is 11.3 Å². The second-order valence-electron chi connectivity index (χ2n) is 5.10. The summed E-state index contributed by atoms with van der Waals surface area (Å²) in [4.78, 5) is 16.6. The van der Waals surface area contributed by atoms with Crippen LogP contribution in [0.4, 0.5) is 5.13 Å². The number of aliphatic hydroxyl groups is 2. The van der Waals surface area contributed by atoms with Gasteiger partial charge in [-0.25, -0.2) is 4.98 Å². The van der Waals surface area contributed by atoms with Gasteiger partial charge >= 0.3 is 5.97 Å². The Hall–Kier alpha value is -1.96. The summed E-state index contributed by atoms with van der Waals surface area (Å²) in [5.74, 6) is -0.538. The van der Waals surface area contributed by atoms with Crippen LogP contribution in [0.5, 0.6) is 0 Å². The maximum atomic E-state index is 11.4.